The van der Waals surface area contributed by atoms with Gasteiger partial charge in [0.15, 0.2) is 5.82 Å². The summed E-state index contributed by atoms with van der Waals surface area (Å²) in [6, 6.07) is 0.0113. The van der Waals surface area contributed by atoms with Gasteiger partial charge in [-0.2, -0.15) is 4.98 Å². The monoisotopic (exact) mass is 291 g/mol. The van der Waals surface area contributed by atoms with Crippen LogP contribution in [0.5, 0.6) is 0 Å². The van der Waals surface area contributed by atoms with Crippen LogP contribution in [0.4, 0.5) is 0 Å². The number of aromatic nitrogens is 2. The van der Waals surface area contributed by atoms with Crippen molar-refractivity contribution in [1.29, 1.82) is 0 Å². The van der Waals surface area contributed by atoms with Gasteiger partial charge in [-0.15, -0.1) is 0 Å². The van der Waals surface area contributed by atoms with Crippen LogP contribution in [0.25, 0.3) is 0 Å². The lowest BCUT2D eigenvalue weighted by Gasteiger charge is -2.38. The van der Waals surface area contributed by atoms with E-state index in [2.05, 4.69) is 17.1 Å². The minimum atomic E-state index is 0.0113. The summed E-state index contributed by atoms with van der Waals surface area (Å²) < 4.78 is 4.87. The maximum absolute atomic E-state index is 12.8. The molecule has 0 N–H and O–H groups in total. The molecule has 116 valence electrons. The zero-order valence-electron chi connectivity index (χ0n) is 12.9. The number of hydrogen-bond acceptors (Lipinski definition) is 4. The van der Waals surface area contributed by atoms with Gasteiger partial charge in [-0.05, 0) is 37.5 Å². The van der Waals surface area contributed by atoms with Crippen LogP contribution in [0.1, 0.15) is 76.6 Å². The molecule has 1 saturated heterocycles. The van der Waals surface area contributed by atoms with Gasteiger partial charge in [0.2, 0.25) is 12.3 Å². The molecular formula is C16H25N3O2. The van der Waals surface area contributed by atoms with E-state index >= 15 is 0 Å². The van der Waals surface area contributed by atoms with Crippen LogP contribution in [0.2, 0.25) is 0 Å². The molecule has 1 unspecified atom stereocenters. The Balaban J connectivity index is 1.69. The quantitative estimate of drug-likeness (QED) is 0.855. The van der Waals surface area contributed by atoms with E-state index in [-0.39, 0.29) is 17.4 Å². The first-order valence-corrected chi connectivity index (χ1v) is 8.24. The fraction of sp³-hybridized carbons (Fsp3) is 0.812. The number of nitrogens with zero attached hydrogens (tertiary/aromatic N) is 3. The predicted octanol–water partition coefficient (Wildman–Crippen LogP) is 3.48. The first kappa shape index (κ1) is 14.5. The fourth-order valence-corrected chi connectivity index (χ4v) is 3.87. The number of piperidine rings is 1. The molecule has 0 bridgehead atoms. The minimum absolute atomic E-state index is 0.0113. The van der Waals surface area contributed by atoms with E-state index < -0.39 is 0 Å². The summed E-state index contributed by atoms with van der Waals surface area (Å²) in [6.45, 7) is 3.10. The molecule has 5 heteroatoms. The van der Waals surface area contributed by atoms with Crippen LogP contribution in [0.15, 0.2) is 10.9 Å². The average molecular weight is 291 g/mol. The average Bonchev–Trinajstić information content (AvgIpc) is 3.01. The maximum atomic E-state index is 12.8. The van der Waals surface area contributed by atoms with Crippen molar-refractivity contribution in [3.8, 4) is 0 Å². The molecule has 1 aliphatic heterocycles. The molecule has 1 saturated carbocycles. The standard InChI is InChI=1S/C16H25N3O2/c1-16(8-4-2-5-9-16)11-14(20)19-10-6-3-7-13(19)15-17-12-21-18-15/h12-13H,2-11H2,1H3. The molecule has 2 heterocycles. The third-order valence-electron chi connectivity index (χ3n) is 5.14. The van der Waals surface area contributed by atoms with E-state index in [9.17, 15) is 4.79 Å². The van der Waals surface area contributed by atoms with Gasteiger partial charge in [-0.1, -0.05) is 31.3 Å². The molecule has 0 spiro atoms. The smallest absolute Gasteiger partial charge is 0.223 e. The molecule has 1 aromatic heterocycles. The molecule has 1 atom stereocenters. The van der Waals surface area contributed by atoms with Crippen LogP contribution in [-0.2, 0) is 4.79 Å². The Labute approximate surface area is 126 Å². The summed E-state index contributed by atoms with van der Waals surface area (Å²) >= 11 is 0. The van der Waals surface area contributed by atoms with Gasteiger partial charge in [0, 0.05) is 13.0 Å². The Kier molecular flexibility index (Phi) is 4.27. The molecule has 3 rings (SSSR count). The lowest BCUT2D eigenvalue weighted by atomic mass is 9.73. The summed E-state index contributed by atoms with van der Waals surface area (Å²) in [5, 5.41) is 3.96. The van der Waals surface area contributed by atoms with Crippen LogP contribution >= 0.6 is 0 Å². The fourth-order valence-electron chi connectivity index (χ4n) is 3.87. The van der Waals surface area contributed by atoms with Gasteiger partial charge in [-0.25, -0.2) is 0 Å². The SMILES string of the molecule is CC1(CC(=O)N2CCCCC2c2ncon2)CCCCC1. The van der Waals surface area contributed by atoms with Gasteiger partial charge >= 0.3 is 0 Å². The Bertz CT molecular complexity index is 466. The molecule has 0 radical (unpaired) electrons. The highest BCUT2D eigenvalue weighted by Gasteiger charge is 2.35. The van der Waals surface area contributed by atoms with Gasteiger partial charge in [0.25, 0.3) is 0 Å². The summed E-state index contributed by atoms with van der Waals surface area (Å²) in [4.78, 5) is 19.0. The van der Waals surface area contributed by atoms with Crippen LogP contribution in [0.3, 0.4) is 0 Å². The van der Waals surface area contributed by atoms with E-state index in [1.807, 2.05) is 4.90 Å². The van der Waals surface area contributed by atoms with Gasteiger partial charge in [-0.3, -0.25) is 4.79 Å². The van der Waals surface area contributed by atoms with Crippen LogP contribution < -0.4 is 0 Å². The van der Waals surface area contributed by atoms with Gasteiger partial charge < -0.3 is 9.42 Å². The van der Waals surface area contributed by atoms with Crippen LogP contribution in [0, 0.1) is 5.41 Å². The molecule has 5 nitrogen and oxygen atoms in total. The van der Waals surface area contributed by atoms with Crippen molar-refractivity contribution in [1.82, 2.24) is 15.0 Å². The molecule has 1 aromatic rings. The third kappa shape index (κ3) is 3.27. The number of amides is 1. The highest BCUT2D eigenvalue weighted by atomic mass is 16.5. The summed E-state index contributed by atoms with van der Waals surface area (Å²) in [6.07, 6.45) is 11.4. The second-order valence-corrected chi connectivity index (χ2v) is 6.94. The minimum Gasteiger partial charge on any atom is -0.343 e. The summed E-state index contributed by atoms with van der Waals surface area (Å²) in [5.41, 5.74) is 0.189. The topological polar surface area (TPSA) is 59.2 Å². The Morgan fingerprint density at radius 1 is 1.33 bits per heavy atom. The first-order valence-electron chi connectivity index (χ1n) is 8.24. The highest BCUT2D eigenvalue weighted by Crippen LogP contribution is 2.40. The summed E-state index contributed by atoms with van der Waals surface area (Å²) in [5.74, 6) is 0.936. The zero-order chi connectivity index (χ0) is 14.7. The first-order chi connectivity index (χ1) is 10.2. The van der Waals surface area contributed by atoms with Gasteiger partial charge in [0.1, 0.15) is 0 Å². The van der Waals surface area contributed by atoms with E-state index in [1.54, 1.807) is 0 Å². The number of carbonyl (C=O) groups excluding carboxylic acids is 1. The van der Waals surface area contributed by atoms with Crippen molar-refractivity contribution in [2.75, 3.05) is 6.54 Å². The lowest BCUT2D eigenvalue weighted by Crippen LogP contribution is -2.41. The Morgan fingerprint density at radius 2 is 2.14 bits per heavy atom. The van der Waals surface area contributed by atoms with Crippen molar-refractivity contribution in [2.45, 2.75) is 70.8 Å². The van der Waals surface area contributed by atoms with Crippen LogP contribution in [-0.4, -0.2) is 27.5 Å². The van der Waals surface area contributed by atoms with Crippen molar-refractivity contribution < 1.29 is 9.32 Å². The largest absolute Gasteiger partial charge is 0.343 e. The van der Waals surface area contributed by atoms with Crippen molar-refractivity contribution in [3.05, 3.63) is 12.2 Å². The van der Waals surface area contributed by atoms with E-state index in [1.165, 1.54) is 38.5 Å². The molecule has 2 aliphatic rings. The van der Waals surface area contributed by atoms with Crippen molar-refractivity contribution in [2.24, 2.45) is 5.41 Å². The van der Waals surface area contributed by atoms with Crippen molar-refractivity contribution >= 4 is 5.91 Å². The zero-order valence-corrected chi connectivity index (χ0v) is 12.9. The summed E-state index contributed by atoms with van der Waals surface area (Å²) in [7, 11) is 0. The second kappa shape index (κ2) is 6.16. The molecule has 2 fully saturated rings. The lowest BCUT2D eigenvalue weighted by molar-refractivity contribution is -0.138. The molecule has 0 aromatic carbocycles. The number of likely N-dealkylation sites (tertiary alicyclic amines) is 1. The van der Waals surface area contributed by atoms with E-state index in [0.29, 0.717) is 12.2 Å². The normalized spacial score (nSPS) is 25.8. The Hall–Kier alpha value is -1.39. The molecular weight excluding hydrogens is 266 g/mol. The number of carbonyl (C=O) groups is 1. The van der Waals surface area contributed by atoms with E-state index in [4.69, 9.17) is 4.52 Å². The second-order valence-electron chi connectivity index (χ2n) is 6.94. The third-order valence-corrected chi connectivity index (χ3v) is 5.14. The maximum Gasteiger partial charge on any atom is 0.223 e. The molecule has 1 amide bonds. The van der Waals surface area contributed by atoms with Gasteiger partial charge in [0.05, 0.1) is 6.04 Å². The Morgan fingerprint density at radius 3 is 2.86 bits per heavy atom. The molecule has 21 heavy (non-hydrogen) atoms. The highest BCUT2D eigenvalue weighted by molar-refractivity contribution is 5.77. The molecule has 1 aliphatic carbocycles. The number of rotatable bonds is 3. The predicted molar refractivity (Wildman–Crippen MR) is 78.4 cm³/mol. The van der Waals surface area contributed by atoms with E-state index in [0.717, 1.165) is 25.8 Å². The van der Waals surface area contributed by atoms with Crippen molar-refractivity contribution in [3.63, 3.8) is 0 Å². The number of hydrogen-bond donors (Lipinski definition) is 0.